The zero-order valence-corrected chi connectivity index (χ0v) is 9.43. The molecule has 0 aliphatic carbocycles. The first-order valence-corrected chi connectivity index (χ1v) is 2.75. The number of rotatable bonds is 2. The average Bonchev–Trinajstić information content (AvgIpc) is 2.60. The molecule has 0 N–H and O–H groups in total. The van der Waals surface area contributed by atoms with E-state index < -0.39 is 0 Å². The molecule has 0 aliphatic heterocycles. The summed E-state index contributed by atoms with van der Waals surface area (Å²) in [6.07, 6.45) is 2.86. The van der Waals surface area contributed by atoms with Crippen LogP contribution in [0.15, 0.2) is 12.7 Å². The molecule has 2 rings (SSSR count). The number of aromatic nitrogens is 8. The number of nitrogens with zero attached hydrogens (tertiary/aromatic N) is 8. The predicted molar refractivity (Wildman–Crippen MR) is 32.2 cm³/mol. The fraction of sp³-hybridized carbons (Fsp3) is 0. The molecule has 0 saturated carbocycles. The van der Waals surface area contributed by atoms with Gasteiger partial charge in [-0.2, -0.15) is 0 Å². The monoisotopic (exact) mass is 188 g/mol. The molecule has 8 nitrogen and oxygen atoms in total. The molecule has 54 valence electrons. The molecule has 0 aromatic carbocycles. The Labute approximate surface area is 110 Å². The average molecular weight is 188 g/mol. The first-order chi connectivity index (χ1) is 5.45. The van der Waals surface area contributed by atoms with E-state index in [4.69, 9.17) is 0 Å². The number of tetrazole rings is 2. The SMILES string of the molecule is [B-](n1cnnn1)n1cnnn1.[K+]. The molecule has 0 saturated heterocycles. The zero-order chi connectivity index (χ0) is 7.52. The van der Waals surface area contributed by atoms with Gasteiger partial charge in [-0.15, -0.1) is 10.2 Å². The van der Waals surface area contributed by atoms with Gasteiger partial charge in [0.2, 0.25) is 0 Å². The third kappa shape index (κ3) is 2.42. The maximum atomic E-state index is 3.57. The first-order valence-electron chi connectivity index (χ1n) is 2.75. The summed E-state index contributed by atoms with van der Waals surface area (Å²) in [5, 5.41) is 20.8. The van der Waals surface area contributed by atoms with E-state index in [-0.39, 0.29) is 51.4 Å². The molecule has 0 atom stereocenters. The summed E-state index contributed by atoms with van der Waals surface area (Å²) < 4.78 is 2.77. The Balaban J connectivity index is 0.000000720. The van der Waals surface area contributed by atoms with Gasteiger partial charge in [-0.1, -0.05) is 10.4 Å². The van der Waals surface area contributed by atoms with Gasteiger partial charge in [0.25, 0.3) is 0 Å². The minimum absolute atomic E-state index is 0. The molecular weight excluding hydrogens is 186 g/mol. The van der Waals surface area contributed by atoms with Crippen LogP contribution in [0.1, 0.15) is 0 Å². The van der Waals surface area contributed by atoms with Crippen molar-refractivity contribution in [2.75, 3.05) is 0 Å². The standard InChI is InChI=1S/C2H2BN8.K/c1-4-6-8-10(1)3-11-2-5-7-9-11;/h1-2H;/q-1;+1. The maximum absolute atomic E-state index is 3.57. The van der Waals surface area contributed by atoms with Gasteiger partial charge in [-0.05, 0) is 18.0 Å². The quantitative estimate of drug-likeness (QED) is 0.437. The summed E-state index contributed by atoms with van der Waals surface area (Å²) in [4.78, 5) is 0. The van der Waals surface area contributed by atoms with E-state index in [0.717, 1.165) is 0 Å². The first kappa shape index (κ1) is 9.93. The van der Waals surface area contributed by atoms with Crippen LogP contribution in [0.5, 0.6) is 0 Å². The smallest absolute Gasteiger partial charge is 0.452 e. The molecule has 0 aliphatic rings. The van der Waals surface area contributed by atoms with Crippen LogP contribution in [0.3, 0.4) is 0 Å². The Morgan fingerprint density at radius 2 is 1.42 bits per heavy atom. The van der Waals surface area contributed by atoms with Crippen molar-refractivity contribution in [2.45, 2.75) is 0 Å². The minimum atomic E-state index is 0. The van der Waals surface area contributed by atoms with Gasteiger partial charge in [0, 0.05) is 0 Å². The maximum Gasteiger partial charge on any atom is 1.00 e. The van der Waals surface area contributed by atoms with Crippen molar-refractivity contribution in [3.8, 4) is 0 Å². The van der Waals surface area contributed by atoms with Crippen LogP contribution in [0.4, 0.5) is 0 Å². The van der Waals surface area contributed by atoms with Gasteiger partial charge in [-0.25, -0.2) is 0 Å². The van der Waals surface area contributed by atoms with Crippen LogP contribution in [0.25, 0.3) is 0 Å². The summed E-state index contributed by atoms with van der Waals surface area (Å²) >= 11 is 0. The largest absolute Gasteiger partial charge is 1.00 e. The molecule has 2 heterocycles. The molecular formula is C2H2BKN8. The Bertz CT molecular complexity index is 269. The van der Waals surface area contributed by atoms with E-state index in [1.54, 1.807) is 0 Å². The van der Waals surface area contributed by atoms with Crippen molar-refractivity contribution in [3.05, 3.63) is 12.7 Å². The minimum Gasteiger partial charge on any atom is -0.452 e. The van der Waals surface area contributed by atoms with Crippen LogP contribution in [-0.4, -0.2) is 47.8 Å². The molecule has 0 amide bonds. The van der Waals surface area contributed by atoms with Gasteiger partial charge < -0.3 is 9.19 Å². The molecule has 10 heteroatoms. The molecule has 12 heavy (non-hydrogen) atoms. The predicted octanol–water partition coefficient (Wildman–Crippen LogP) is -5.41. The third-order valence-electron chi connectivity index (χ3n) is 0.966. The fourth-order valence-corrected chi connectivity index (χ4v) is 0.564. The van der Waals surface area contributed by atoms with Crippen LogP contribution < -0.4 is 51.4 Å². The molecule has 0 bridgehead atoms. The van der Waals surface area contributed by atoms with E-state index in [2.05, 4.69) is 31.1 Å². The number of hydrogen-bond acceptors (Lipinski definition) is 6. The summed E-state index contributed by atoms with van der Waals surface area (Å²) in [6, 6.07) is 0. The van der Waals surface area contributed by atoms with Gasteiger partial charge >= 0.3 is 51.4 Å². The second kappa shape index (κ2) is 4.77. The van der Waals surface area contributed by atoms with Crippen molar-refractivity contribution < 1.29 is 51.4 Å². The molecule has 0 fully saturated rings. The van der Waals surface area contributed by atoms with Crippen molar-refractivity contribution in [1.82, 2.24) is 40.2 Å². The molecule has 0 unspecified atom stereocenters. The summed E-state index contributed by atoms with van der Waals surface area (Å²) in [6.45, 7) is 0. The van der Waals surface area contributed by atoms with E-state index >= 15 is 0 Å². The second-order valence-corrected chi connectivity index (χ2v) is 1.70. The zero-order valence-electron chi connectivity index (χ0n) is 6.31. The Morgan fingerprint density at radius 1 is 0.917 bits per heavy atom. The van der Waals surface area contributed by atoms with Gasteiger partial charge in [0.05, 0.1) is 12.7 Å². The Hall–Kier alpha value is -0.159. The normalized spacial score (nSPS) is 9.33. The van der Waals surface area contributed by atoms with Crippen LogP contribution in [-0.2, 0) is 0 Å². The van der Waals surface area contributed by atoms with E-state index in [0.29, 0.717) is 0 Å². The Kier molecular flexibility index (Phi) is 3.94. The van der Waals surface area contributed by atoms with Crippen molar-refractivity contribution in [3.63, 3.8) is 0 Å². The molecule has 2 aromatic rings. The van der Waals surface area contributed by atoms with E-state index in [1.807, 2.05) is 0 Å². The molecule has 2 radical (unpaired) electrons. The van der Waals surface area contributed by atoms with Crippen molar-refractivity contribution in [1.29, 1.82) is 0 Å². The van der Waals surface area contributed by atoms with E-state index in [1.165, 1.54) is 29.4 Å². The van der Waals surface area contributed by atoms with Crippen LogP contribution in [0, 0.1) is 0 Å². The summed E-state index contributed by atoms with van der Waals surface area (Å²) in [5.41, 5.74) is 0. The summed E-state index contributed by atoms with van der Waals surface area (Å²) in [5.74, 6) is 0. The van der Waals surface area contributed by atoms with Crippen LogP contribution >= 0.6 is 0 Å². The summed E-state index contributed by atoms with van der Waals surface area (Å²) in [7, 11) is 1.53. The van der Waals surface area contributed by atoms with Crippen molar-refractivity contribution >= 4 is 7.55 Å². The van der Waals surface area contributed by atoms with Gasteiger partial charge in [0.15, 0.2) is 0 Å². The molecule has 2 aromatic heterocycles. The third-order valence-corrected chi connectivity index (χ3v) is 0.966. The topological polar surface area (TPSA) is 87.2 Å². The van der Waals surface area contributed by atoms with Crippen LogP contribution in [0.2, 0.25) is 0 Å². The Morgan fingerprint density at radius 3 is 1.75 bits per heavy atom. The molecule has 0 spiro atoms. The second-order valence-electron chi connectivity index (χ2n) is 1.70. The number of hydrogen-bond donors (Lipinski definition) is 0. The van der Waals surface area contributed by atoms with E-state index in [9.17, 15) is 0 Å². The van der Waals surface area contributed by atoms with Gasteiger partial charge in [-0.3, -0.25) is 0 Å². The van der Waals surface area contributed by atoms with Gasteiger partial charge in [0.1, 0.15) is 0 Å². The fourth-order valence-electron chi connectivity index (χ4n) is 0.564. The van der Waals surface area contributed by atoms with Crippen molar-refractivity contribution in [2.24, 2.45) is 0 Å².